The van der Waals surface area contributed by atoms with Crippen LogP contribution >= 0.6 is 0 Å². The van der Waals surface area contributed by atoms with E-state index in [1.54, 1.807) is 4.90 Å². The summed E-state index contributed by atoms with van der Waals surface area (Å²) in [5, 5.41) is 0. The molecule has 3 aliphatic rings. The fourth-order valence-corrected chi connectivity index (χ4v) is 5.80. The number of fused-ring (bicyclic) bond motifs is 3. The first-order chi connectivity index (χ1) is 17.1. The second-order valence-electron chi connectivity index (χ2n) is 9.75. The Labute approximate surface area is 208 Å². The summed E-state index contributed by atoms with van der Waals surface area (Å²) < 4.78 is 5.14. The molecule has 2 aromatic rings. The van der Waals surface area contributed by atoms with Crippen LogP contribution in [0.3, 0.4) is 0 Å². The van der Waals surface area contributed by atoms with Gasteiger partial charge in [0.05, 0.1) is 18.6 Å². The maximum atomic E-state index is 13.9. The maximum absolute atomic E-state index is 13.9. The summed E-state index contributed by atoms with van der Waals surface area (Å²) in [6.07, 6.45) is 1.53. The highest BCUT2D eigenvalue weighted by molar-refractivity contribution is 5.82. The number of hydrogen-bond donors (Lipinski definition) is 0. The molecule has 2 aromatic carbocycles. The Balaban J connectivity index is 1.29. The van der Waals surface area contributed by atoms with Crippen molar-refractivity contribution in [2.75, 3.05) is 63.9 Å². The number of ether oxygens (including phenoxy) is 1. The fourth-order valence-electron chi connectivity index (χ4n) is 5.80. The molecule has 0 bridgehead atoms. The van der Waals surface area contributed by atoms with Gasteiger partial charge in [-0.15, -0.1) is 0 Å². The largest absolute Gasteiger partial charge is 0.450 e. The molecular weight excluding hydrogens is 440 g/mol. The van der Waals surface area contributed by atoms with Gasteiger partial charge in [-0.05, 0) is 37.0 Å². The summed E-state index contributed by atoms with van der Waals surface area (Å²) in [7, 11) is 0. The fraction of sp³-hybridized carbons (Fsp3) is 0.500. The standard InChI is InChI=1S/C28H36N4O3/c1-2-35-28(34)31-17-15-30(16-18-31)27(33)24-20-23-10-6-7-11-25(23)32-19-14-29(21-26(24)32)13-12-22-8-4-3-5-9-22/h3-11,24,26H,2,12-21H2,1H3. The van der Waals surface area contributed by atoms with Crippen molar-refractivity contribution in [3.63, 3.8) is 0 Å². The van der Waals surface area contributed by atoms with Crippen LogP contribution in [0, 0.1) is 5.92 Å². The summed E-state index contributed by atoms with van der Waals surface area (Å²) >= 11 is 0. The molecule has 2 saturated heterocycles. The van der Waals surface area contributed by atoms with Crippen molar-refractivity contribution in [3.8, 4) is 0 Å². The van der Waals surface area contributed by atoms with E-state index < -0.39 is 0 Å². The molecule has 0 aromatic heterocycles. The van der Waals surface area contributed by atoms with Gasteiger partial charge in [0.15, 0.2) is 0 Å². The molecule has 2 atom stereocenters. The SMILES string of the molecule is CCOC(=O)N1CCN(C(=O)C2Cc3ccccc3N3CCN(CCc4ccccc4)CC23)CC1. The average molecular weight is 477 g/mol. The van der Waals surface area contributed by atoms with Gasteiger partial charge in [-0.25, -0.2) is 4.79 Å². The van der Waals surface area contributed by atoms with Crippen LogP contribution in [0.1, 0.15) is 18.1 Å². The van der Waals surface area contributed by atoms with E-state index in [2.05, 4.69) is 64.4 Å². The third kappa shape index (κ3) is 5.15. The lowest BCUT2D eigenvalue weighted by atomic mass is 9.83. The van der Waals surface area contributed by atoms with Gasteiger partial charge in [0.2, 0.25) is 5.91 Å². The van der Waals surface area contributed by atoms with E-state index in [0.29, 0.717) is 32.8 Å². The van der Waals surface area contributed by atoms with E-state index in [-0.39, 0.29) is 24.0 Å². The normalized spacial score (nSPS) is 22.4. The number of anilines is 1. The van der Waals surface area contributed by atoms with E-state index in [9.17, 15) is 9.59 Å². The summed E-state index contributed by atoms with van der Waals surface area (Å²) in [5.41, 5.74) is 3.91. The molecule has 2 fully saturated rings. The summed E-state index contributed by atoms with van der Waals surface area (Å²) in [5.74, 6) is 0.154. The molecule has 3 aliphatic heterocycles. The van der Waals surface area contributed by atoms with Crippen LogP contribution in [0.15, 0.2) is 54.6 Å². The predicted molar refractivity (Wildman–Crippen MR) is 137 cm³/mol. The molecule has 3 heterocycles. The summed E-state index contributed by atoms with van der Waals surface area (Å²) in [6, 6.07) is 19.4. The lowest BCUT2D eigenvalue weighted by molar-refractivity contribution is -0.138. The van der Waals surface area contributed by atoms with Crippen molar-refractivity contribution in [1.82, 2.24) is 14.7 Å². The molecule has 7 heteroatoms. The molecular formula is C28H36N4O3. The number of hydrogen-bond acceptors (Lipinski definition) is 5. The monoisotopic (exact) mass is 476 g/mol. The van der Waals surface area contributed by atoms with Crippen molar-refractivity contribution >= 4 is 17.7 Å². The van der Waals surface area contributed by atoms with Gasteiger partial charge in [0.1, 0.15) is 0 Å². The van der Waals surface area contributed by atoms with Crippen molar-refractivity contribution in [2.45, 2.75) is 25.8 Å². The molecule has 0 spiro atoms. The number of carbonyl (C=O) groups excluding carboxylic acids is 2. The first kappa shape index (κ1) is 23.7. The topological polar surface area (TPSA) is 56.3 Å². The highest BCUT2D eigenvalue weighted by atomic mass is 16.6. The van der Waals surface area contributed by atoms with Gasteiger partial charge < -0.3 is 19.4 Å². The van der Waals surface area contributed by atoms with Gasteiger partial charge in [-0.3, -0.25) is 9.69 Å². The molecule has 0 aliphatic carbocycles. The van der Waals surface area contributed by atoms with Crippen LogP contribution in [-0.4, -0.2) is 91.7 Å². The third-order valence-corrected chi connectivity index (χ3v) is 7.70. The minimum atomic E-state index is -0.279. The van der Waals surface area contributed by atoms with Gasteiger partial charge in [-0.2, -0.15) is 0 Å². The second-order valence-corrected chi connectivity index (χ2v) is 9.75. The minimum absolute atomic E-state index is 0.0708. The van der Waals surface area contributed by atoms with Gasteiger partial charge in [0.25, 0.3) is 0 Å². The van der Waals surface area contributed by atoms with Crippen LogP contribution in [0.25, 0.3) is 0 Å². The van der Waals surface area contributed by atoms with Crippen molar-refractivity contribution < 1.29 is 14.3 Å². The lowest BCUT2D eigenvalue weighted by Crippen LogP contribution is -2.62. The van der Waals surface area contributed by atoms with Gasteiger partial charge in [0, 0.05) is 58.0 Å². The number of benzene rings is 2. The first-order valence-electron chi connectivity index (χ1n) is 13.0. The van der Waals surface area contributed by atoms with E-state index in [1.807, 2.05) is 11.8 Å². The smallest absolute Gasteiger partial charge is 0.409 e. The first-order valence-corrected chi connectivity index (χ1v) is 13.0. The molecule has 0 N–H and O–H groups in total. The molecule has 5 rings (SSSR count). The Bertz CT molecular complexity index is 1020. The van der Waals surface area contributed by atoms with Crippen molar-refractivity contribution in [3.05, 3.63) is 65.7 Å². The number of amides is 2. The third-order valence-electron chi connectivity index (χ3n) is 7.70. The Morgan fingerprint density at radius 2 is 1.60 bits per heavy atom. The minimum Gasteiger partial charge on any atom is -0.450 e. The van der Waals surface area contributed by atoms with E-state index in [1.165, 1.54) is 16.8 Å². The molecule has 35 heavy (non-hydrogen) atoms. The van der Waals surface area contributed by atoms with E-state index >= 15 is 0 Å². The van der Waals surface area contributed by atoms with Crippen molar-refractivity contribution in [1.29, 1.82) is 0 Å². The molecule has 0 saturated carbocycles. The van der Waals surface area contributed by atoms with Crippen LogP contribution in [0.5, 0.6) is 0 Å². The van der Waals surface area contributed by atoms with Crippen LogP contribution in [0.4, 0.5) is 10.5 Å². The lowest BCUT2D eigenvalue weighted by Gasteiger charge is -2.50. The quantitative estimate of drug-likeness (QED) is 0.664. The zero-order valence-corrected chi connectivity index (χ0v) is 20.6. The Morgan fingerprint density at radius 1 is 0.886 bits per heavy atom. The Morgan fingerprint density at radius 3 is 2.37 bits per heavy atom. The number of rotatable bonds is 5. The zero-order valence-electron chi connectivity index (χ0n) is 20.6. The van der Waals surface area contributed by atoms with Gasteiger partial charge in [-0.1, -0.05) is 48.5 Å². The van der Waals surface area contributed by atoms with Crippen LogP contribution in [0.2, 0.25) is 0 Å². The number of para-hydroxylation sites is 1. The highest BCUT2D eigenvalue weighted by Crippen LogP contribution is 2.36. The molecule has 2 amide bonds. The van der Waals surface area contributed by atoms with E-state index in [0.717, 1.165) is 39.0 Å². The Hall–Kier alpha value is -3.06. The molecule has 186 valence electrons. The molecule has 2 unspecified atom stereocenters. The molecule has 7 nitrogen and oxygen atoms in total. The zero-order chi connectivity index (χ0) is 24.2. The highest BCUT2D eigenvalue weighted by Gasteiger charge is 2.43. The maximum Gasteiger partial charge on any atom is 0.409 e. The average Bonchev–Trinajstić information content (AvgIpc) is 2.91. The number of carbonyl (C=O) groups is 2. The van der Waals surface area contributed by atoms with E-state index in [4.69, 9.17) is 4.74 Å². The number of nitrogens with zero attached hydrogens (tertiary/aromatic N) is 4. The van der Waals surface area contributed by atoms with Crippen molar-refractivity contribution in [2.24, 2.45) is 5.92 Å². The predicted octanol–water partition coefficient (Wildman–Crippen LogP) is 2.89. The van der Waals surface area contributed by atoms with Crippen LogP contribution in [-0.2, 0) is 22.4 Å². The Kier molecular flexibility index (Phi) is 7.23. The molecule has 0 radical (unpaired) electrons. The van der Waals surface area contributed by atoms with Crippen LogP contribution < -0.4 is 4.90 Å². The second kappa shape index (κ2) is 10.7. The summed E-state index contributed by atoms with van der Waals surface area (Å²) in [6.45, 7) is 8.26. The number of piperazine rings is 2. The van der Waals surface area contributed by atoms with Gasteiger partial charge >= 0.3 is 6.09 Å². The summed E-state index contributed by atoms with van der Waals surface area (Å²) in [4.78, 5) is 34.6.